The lowest BCUT2D eigenvalue weighted by Gasteiger charge is -2.38. The van der Waals surface area contributed by atoms with Gasteiger partial charge in [-0.1, -0.05) is 13.8 Å². The minimum atomic E-state index is 0.0874. The van der Waals surface area contributed by atoms with Crippen molar-refractivity contribution in [2.24, 2.45) is 5.92 Å². The van der Waals surface area contributed by atoms with Crippen molar-refractivity contribution in [3.05, 3.63) is 23.3 Å². The molecule has 9 heteroatoms. The Morgan fingerprint density at radius 2 is 1.40 bits per heavy atom. The third-order valence-corrected chi connectivity index (χ3v) is 6.86. The van der Waals surface area contributed by atoms with Crippen molar-refractivity contribution in [3.63, 3.8) is 0 Å². The standard InChI is InChI=1S/C26H43N5O4/c1-20(2)16-27-25(32)18-29-6-8-30(9-7-29)19-26(33)31-12-10-28(11-13-31)17-22-15-24(35-5)23(34-4)14-21(22)3/h14-15,20H,6-13,16-19H2,1-5H3,(H,27,32). The third kappa shape index (κ3) is 8.08. The molecule has 0 aromatic heterocycles. The van der Waals surface area contributed by atoms with Crippen LogP contribution in [-0.2, 0) is 16.1 Å². The van der Waals surface area contributed by atoms with E-state index in [0.717, 1.165) is 70.4 Å². The van der Waals surface area contributed by atoms with Gasteiger partial charge in [0.25, 0.3) is 0 Å². The second-order valence-electron chi connectivity index (χ2n) is 10.0. The summed E-state index contributed by atoms with van der Waals surface area (Å²) in [5.74, 6) is 2.25. The number of amides is 2. The molecule has 0 unspecified atom stereocenters. The van der Waals surface area contributed by atoms with Crippen LogP contribution in [0.3, 0.4) is 0 Å². The van der Waals surface area contributed by atoms with Gasteiger partial charge in [-0.3, -0.25) is 24.3 Å². The van der Waals surface area contributed by atoms with E-state index in [1.807, 2.05) is 11.0 Å². The van der Waals surface area contributed by atoms with Gasteiger partial charge in [0.15, 0.2) is 11.5 Å². The summed E-state index contributed by atoms with van der Waals surface area (Å²) >= 11 is 0. The molecule has 35 heavy (non-hydrogen) atoms. The molecule has 2 fully saturated rings. The SMILES string of the molecule is COc1cc(C)c(CN2CCN(C(=O)CN3CCN(CC(=O)NCC(C)C)CC3)CC2)cc1OC. The molecule has 0 aliphatic carbocycles. The van der Waals surface area contributed by atoms with Gasteiger partial charge in [0.1, 0.15) is 0 Å². The molecule has 2 amide bonds. The number of carbonyl (C=O) groups is 2. The average Bonchev–Trinajstić information content (AvgIpc) is 2.85. The quantitative estimate of drug-likeness (QED) is 0.526. The van der Waals surface area contributed by atoms with Crippen molar-refractivity contribution in [1.29, 1.82) is 0 Å². The highest BCUT2D eigenvalue weighted by Gasteiger charge is 2.25. The summed E-state index contributed by atoms with van der Waals surface area (Å²) in [5.41, 5.74) is 2.40. The Morgan fingerprint density at radius 1 is 0.857 bits per heavy atom. The first kappa shape index (κ1) is 27.2. The number of ether oxygens (including phenoxy) is 2. The molecular formula is C26H43N5O4. The second kappa shape index (κ2) is 13.1. The molecule has 1 aromatic rings. The molecule has 0 atom stereocenters. The largest absolute Gasteiger partial charge is 0.493 e. The van der Waals surface area contributed by atoms with Crippen LogP contribution >= 0.6 is 0 Å². The molecule has 3 rings (SSSR count). The molecule has 1 aromatic carbocycles. The molecule has 9 nitrogen and oxygen atoms in total. The summed E-state index contributed by atoms with van der Waals surface area (Å²) < 4.78 is 10.9. The zero-order valence-electron chi connectivity index (χ0n) is 22.1. The topological polar surface area (TPSA) is 77.6 Å². The van der Waals surface area contributed by atoms with Crippen molar-refractivity contribution < 1.29 is 19.1 Å². The Morgan fingerprint density at radius 3 is 1.97 bits per heavy atom. The number of nitrogens with zero attached hydrogens (tertiary/aromatic N) is 4. The van der Waals surface area contributed by atoms with Crippen LogP contribution in [0.4, 0.5) is 0 Å². The fourth-order valence-corrected chi connectivity index (χ4v) is 4.56. The predicted molar refractivity (Wildman–Crippen MR) is 137 cm³/mol. The van der Waals surface area contributed by atoms with Gasteiger partial charge in [0.05, 0.1) is 27.3 Å². The highest BCUT2D eigenvalue weighted by Crippen LogP contribution is 2.31. The van der Waals surface area contributed by atoms with E-state index in [2.05, 4.69) is 46.9 Å². The minimum Gasteiger partial charge on any atom is -0.493 e. The Balaban J connectivity index is 1.38. The van der Waals surface area contributed by atoms with E-state index < -0.39 is 0 Å². The molecule has 2 aliphatic rings. The Bertz CT molecular complexity index is 846. The first-order chi connectivity index (χ1) is 16.8. The third-order valence-electron chi connectivity index (χ3n) is 6.86. The van der Waals surface area contributed by atoms with Crippen LogP contribution in [0.25, 0.3) is 0 Å². The molecule has 1 N–H and O–H groups in total. The average molecular weight is 490 g/mol. The number of nitrogens with one attached hydrogen (secondary N) is 1. The van der Waals surface area contributed by atoms with Crippen LogP contribution in [0.15, 0.2) is 12.1 Å². The fraction of sp³-hybridized carbons (Fsp3) is 0.692. The Hall–Kier alpha value is -2.36. The molecule has 0 radical (unpaired) electrons. The van der Waals surface area contributed by atoms with Crippen molar-refractivity contribution in [1.82, 2.24) is 24.9 Å². The van der Waals surface area contributed by atoms with Gasteiger partial charge in [-0.15, -0.1) is 0 Å². The molecular weight excluding hydrogens is 446 g/mol. The molecule has 2 heterocycles. The number of methoxy groups -OCH3 is 2. The molecule has 0 bridgehead atoms. The van der Waals surface area contributed by atoms with Crippen LogP contribution in [0.1, 0.15) is 25.0 Å². The lowest BCUT2D eigenvalue weighted by atomic mass is 10.1. The summed E-state index contributed by atoms with van der Waals surface area (Å²) in [6.45, 7) is 15.2. The van der Waals surface area contributed by atoms with Gasteiger partial charge >= 0.3 is 0 Å². The molecule has 196 valence electrons. The highest BCUT2D eigenvalue weighted by molar-refractivity contribution is 5.78. The van der Waals surface area contributed by atoms with Gasteiger partial charge < -0.3 is 19.7 Å². The fourth-order valence-electron chi connectivity index (χ4n) is 4.56. The van der Waals surface area contributed by atoms with E-state index in [4.69, 9.17) is 9.47 Å². The van der Waals surface area contributed by atoms with E-state index in [0.29, 0.717) is 25.6 Å². The normalized spacial score (nSPS) is 18.1. The second-order valence-corrected chi connectivity index (χ2v) is 10.0. The van der Waals surface area contributed by atoms with E-state index in [1.54, 1.807) is 14.2 Å². The van der Waals surface area contributed by atoms with Crippen LogP contribution in [0.5, 0.6) is 11.5 Å². The van der Waals surface area contributed by atoms with Gasteiger partial charge in [-0.25, -0.2) is 0 Å². The predicted octanol–water partition coefficient (Wildman–Crippen LogP) is 1.05. The maximum Gasteiger partial charge on any atom is 0.236 e. The van der Waals surface area contributed by atoms with E-state index in [9.17, 15) is 9.59 Å². The summed E-state index contributed by atoms with van der Waals surface area (Å²) in [6.07, 6.45) is 0. The number of hydrogen-bond acceptors (Lipinski definition) is 7. The highest BCUT2D eigenvalue weighted by atomic mass is 16.5. The number of rotatable bonds is 10. The summed E-state index contributed by atoms with van der Waals surface area (Å²) in [5, 5.41) is 2.98. The summed E-state index contributed by atoms with van der Waals surface area (Å²) in [4.78, 5) is 33.7. The van der Waals surface area contributed by atoms with Crippen LogP contribution < -0.4 is 14.8 Å². The number of benzene rings is 1. The number of aryl methyl sites for hydroxylation is 1. The molecule has 0 saturated carbocycles. The zero-order chi connectivity index (χ0) is 25.4. The molecule has 2 aliphatic heterocycles. The first-order valence-corrected chi connectivity index (χ1v) is 12.7. The van der Waals surface area contributed by atoms with Crippen molar-refractivity contribution in [2.45, 2.75) is 27.3 Å². The Kier molecular flexibility index (Phi) is 10.2. The molecule has 0 spiro atoms. The van der Waals surface area contributed by atoms with E-state index in [1.165, 1.54) is 11.1 Å². The zero-order valence-corrected chi connectivity index (χ0v) is 22.1. The van der Waals surface area contributed by atoms with Crippen LogP contribution in [0, 0.1) is 12.8 Å². The Labute approximate surface area is 210 Å². The van der Waals surface area contributed by atoms with Crippen molar-refractivity contribution >= 4 is 11.8 Å². The van der Waals surface area contributed by atoms with Gasteiger partial charge in [-0.05, 0) is 36.1 Å². The van der Waals surface area contributed by atoms with Crippen molar-refractivity contribution in [2.75, 3.05) is 86.2 Å². The molecule has 2 saturated heterocycles. The van der Waals surface area contributed by atoms with Crippen LogP contribution in [0.2, 0.25) is 0 Å². The monoisotopic (exact) mass is 489 g/mol. The summed E-state index contributed by atoms with van der Waals surface area (Å²) in [6, 6.07) is 4.07. The maximum atomic E-state index is 12.9. The van der Waals surface area contributed by atoms with E-state index >= 15 is 0 Å². The van der Waals surface area contributed by atoms with Gasteiger partial charge in [0, 0.05) is 65.4 Å². The number of piperazine rings is 2. The minimum absolute atomic E-state index is 0.0874. The smallest absolute Gasteiger partial charge is 0.236 e. The number of carbonyl (C=O) groups excluding carboxylic acids is 2. The van der Waals surface area contributed by atoms with Gasteiger partial charge in [-0.2, -0.15) is 0 Å². The van der Waals surface area contributed by atoms with Gasteiger partial charge in [0.2, 0.25) is 11.8 Å². The number of hydrogen-bond donors (Lipinski definition) is 1. The summed E-state index contributed by atoms with van der Waals surface area (Å²) in [7, 11) is 3.31. The lowest BCUT2D eigenvalue weighted by molar-refractivity contribution is -0.135. The van der Waals surface area contributed by atoms with E-state index in [-0.39, 0.29) is 11.8 Å². The maximum absolute atomic E-state index is 12.9. The lowest BCUT2D eigenvalue weighted by Crippen LogP contribution is -2.54. The first-order valence-electron chi connectivity index (χ1n) is 12.7. The van der Waals surface area contributed by atoms with Crippen molar-refractivity contribution in [3.8, 4) is 11.5 Å². The van der Waals surface area contributed by atoms with Crippen LogP contribution in [-0.4, -0.2) is 118 Å².